The van der Waals surface area contributed by atoms with Gasteiger partial charge in [0.25, 0.3) is 5.56 Å². The molecule has 0 spiro atoms. The maximum absolute atomic E-state index is 12.3. The summed E-state index contributed by atoms with van der Waals surface area (Å²) in [5.74, 6) is 0.397. The summed E-state index contributed by atoms with van der Waals surface area (Å²) in [6.07, 6.45) is 0.574. The Bertz CT molecular complexity index is 1220. The number of aromatic amines is 2. The van der Waals surface area contributed by atoms with Gasteiger partial charge in [0.05, 0.1) is 0 Å². The van der Waals surface area contributed by atoms with Crippen molar-refractivity contribution in [1.82, 2.24) is 34.6 Å². The summed E-state index contributed by atoms with van der Waals surface area (Å²) < 4.78 is 1.27. The van der Waals surface area contributed by atoms with Crippen LogP contribution >= 0.6 is 0 Å². The van der Waals surface area contributed by atoms with E-state index in [1.807, 2.05) is 12.1 Å². The van der Waals surface area contributed by atoms with E-state index in [0.717, 1.165) is 38.3 Å². The first kappa shape index (κ1) is 22.0. The number of fused-ring (bicyclic) bond motifs is 1. The van der Waals surface area contributed by atoms with E-state index in [4.69, 9.17) is 0 Å². The van der Waals surface area contributed by atoms with Crippen molar-refractivity contribution in [1.29, 1.82) is 0 Å². The molecule has 0 unspecified atom stereocenters. The fourth-order valence-corrected chi connectivity index (χ4v) is 3.89. The number of imidazole rings is 1. The van der Waals surface area contributed by atoms with E-state index in [2.05, 4.69) is 49.2 Å². The van der Waals surface area contributed by atoms with E-state index >= 15 is 0 Å². The van der Waals surface area contributed by atoms with Gasteiger partial charge in [0, 0.05) is 59.2 Å². The molecular weight excluding hydrogens is 410 g/mol. The number of nitrogens with zero attached hydrogens (tertiary/aromatic N) is 4. The van der Waals surface area contributed by atoms with Gasteiger partial charge in [-0.3, -0.25) is 24.0 Å². The zero-order chi connectivity index (χ0) is 22.7. The SMILES string of the molecule is CN1CCN(Cc2cccc(CNC(=O)CCc3nc4c([nH]3)c(=O)[nH]c(=O)n4C)c2)CC1. The van der Waals surface area contributed by atoms with Crippen LogP contribution in [0.4, 0.5) is 0 Å². The first-order valence-electron chi connectivity index (χ1n) is 10.8. The number of hydrogen-bond acceptors (Lipinski definition) is 6. The molecule has 1 aromatic carbocycles. The monoisotopic (exact) mass is 439 g/mol. The molecule has 32 heavy (non-hydrogen) atoms. The number of aromatic nitrogens is 4. The van der Waals surface area contributed by atoms with Crippen molar-refractivity contribution < 1.29 is 4.79 Å². The van der Waals surface area contributed by atoms with Crippen LogP contribution in [0.2, 0.25) is 0 Å². The largest absolute Gasteiger partial charge is 0.352 e. The number of nitrogens with one attached hydrogen (secondary N) is 3. The highest BCUT2D eigenvalue weighted by Gasteiger charge is 2.14. The molecule has 4 rings (SSSR count). The topological polar surface area (TPSA) is 119 Å². The third-order valence-corrected chi connectivity index (χ3v) is 5.88. The molecular formula is C22H29N7O3. The first-order chi connectivity index (χ1) is 15.4. The molecule has 10 heteroatoms. The Hall–Kier alpha value is -3.24. The fourth-order valence-electron chi connectivity index (χ4n) is 3.89. The zero-order valence-corrected chi connectivity index (χ0v) is 18.5. The van der Waals surface area contributed by atoms with Gasteiger partial charge in [0.2, 0.25) is 5.91 Å². The highest BCUT2D eigenvalue weighted by molar-refractivity contribution is 5.76. The van der Waals surface area contributed by atoms with Gasteiger partial charge >= 0.3 is 5.69 Å². The third-order valence-electron chi connectivity index (χ3n) is 5.88. The van der Waals surface area contributed by atoms with E-state index in [9.17, 15) is 14.4 Å². The highest BCUT2D eigenvalue weighted by Crippen LogP contribution is 2.11. The average Bonchev–Trinajstić information content (AvgIpc) is 3.22. The molecule has 1 amide bonds. The van der Waals surface area contributed by atoms with Gasteiger partial charge in [0.1, 0.15) is 11.3 Å². The van der Waals surface area contributed by atoms with Crippen LogP contribution in [0.5, 0.6) is 0 Å². The fraction of sp³-hybridized carbons (Fsp3) is 0.455. The van der Waals surface area contributed by atoms with Gasteiger partial charge in [-0.05, 0) is 18.2 Å². The lowest BCUT2D eigenvalue weighted by Crippen LogP contribution is -2.43. The molecule has 3 aromatic rings. The highest BCUT2D eigenvalue weighted by atomic mass is 16.2. The van der Waals surface area contributed by atoms with Crippen LogP contribution in [0, 0.1) is 0 Å². The Morgan fingerprint density at radius 3 is 2.62 bits per heavy atom. The molecule has 2 aromatic heterocycles. The Labute approximate surface area is 185 Å². The van der Waals surface area contributed by atoms with Crippen LogP contribution < -0.4 is 16.6 Å². The minimum Gasteiger partial charge on any atom is -0.352 e. The van der Waals surface area contributed by atoms with Crippen molar-refractivity contribution in [2.75, 3.05) is 33.2 Å². The molecule has 170 valence electrons. The molecule has 10 nitrogen and oxygen atoms in total. The lowest BCUT2D eigenvalue weighted by molar-refractivity contribution is -0.121. The molecule has 1 saturated heterocycles. The molecule has 1 aliphatic rings. The van der Waals surface area contributed by atoms with E-state index in [0.29, 0.717) is 18.8 Å². The number of aryl methyl sites for hydroxylation is 2. The maximum Gasteiger partial charge on any atom is 0.329 e. The molecule has 1 fully saturated rings. The minimum atomic E-state index is -0.520. The summed E-state index contributed by atoms with van der Waals surface area (Å²) in [6, 6.07) is 8.31. The van der Waals surface area contributed by atoms with E-state index in [-0.39, 0.29) is 23.5 Å². The summed E-state index contributed by atoms with van der Waals surface area (Å²) in [6.45, 7) is 5.70. The Morgan fingerprint density at radius 2 is 1.84 bits per heavy atom. The summed E-state index contributed by atoms with van der Waals surface area (Å²) >= 11 is 0. The standard InChI is InChI=1S/C22H29N7O3/c1-27-8-10-29(11-9-27)14-16-5-3-4-15(12-16)13-23-18(30)7-6-17-24-19-20(25-17)28(2)22(32)26-21(19)31/h3-5,12H,6-11,13-14H2,1-2H3,(H,23,30)(H,24,25)(H,26,31,32). The van der Waals surface area contributed by atoms with Gasteiger partial charge in [-0.25, -0.2) is 9.78 Å². The lowest BCUT2D eigenvalue weighted by Gasteiger charge is -2.32. The van der Waals surface area contributed by atoms with Gasteiger partial charge in [-0.15, -0.1) is 0 Å². The second-order valence-corrected chi connectivity index (χ2v) is 8.38. The van der Waals surface area contributed by atoms with Crippen LogP contribution in [0.25, 0.3) is 11.2 Å². The van der Waals surface area contributed by atoms with Crippen molar-refractivity contribution in [2.24, 2.45) is 7.05 Å². The van der Waals surface area contributed by atoms with Crippen LogP contribution in [0.15, 0.2) is 33.9 Å². The van der Waals surface area contributed by atoms with Crippen molar-refractivity contribution in [2.45, 2.75) is 25.9 Å². The Kier molecular flexibility index (Phi) is 6.52. The van der Waals surface area contributed by atoms with Gasteiger partial charge in [-0.1, -0.05) is 24.3 Å². The quantitative estimate of drug-likeness (QED) is 0.475. The molecule has 0 atom stereocenters. The van der Waals surface area contributed by atoms with Crippen molar-refractivity contribution in [3.05, 3.63) is 62.1 Å². The third kappa shape index (κ3) is 5.14. The molecule has 0 radical (unpaired) electrons. The average molecular weight is 440 g/mol. The maximum atomic E-state index is 12.3. The van der Waals surface area contributed by atoms with Crippen molar-refractivity contribution >= 4 is 17.1 Å². The number of carbonyl (C=O) groups is 1. The van der Waals surface area contributed by atoms with Crippen molar-refractivity contribution in [3.8, 4) is 0 Å². The van der Waals surface area contributed by atoms with Gasteiger partial charge in [-0.2, -0.15) is 0 Å². The van der Waals surface area contributed by atoms with Crippen LogP contribution in [-0.4, -0.2) is 68.5 Å². The molecule has 0 bridgehead atoms. The second-order valence-electron chi connectivity index (χ2n) is 8.38. The zero-order valence-electron chi connectivity index (χ0n) is 18.5. The smallest absolute Gasteiger partial charge is 0.329 e. The number of hydrogen-bond donors (Lipinski definition) is 3. The molecule has 3 N–H and O–H groups in total. The normalized spacial score (nSPS) is 15.3. The number of benzene rings is 1. The minimum absolute atomic E-state index is 0.0993. The van der Waals surface area contributed by atoms with E-state index in [1.165, 1.54) is 17.2 Å². The predicted molar refractivity (Wildman–Crippen MR) is 121 cm³/mol. The predicted octanol–water partition coefficient (Wildman–Crippen LogP) is -0.0537. The van der Waals surface area contributed by atoms with E-state index in [1.54, 1.807) is 0 Å². The molecule has 0 saturated carbocycles. The Morgan fingerprint density at radius 1 is 1.09 bits per heavy atom. The summed E-state index contributed by atoms with van der Waals surface area (Å²) in [4.78, 5) is 50.1. The summed E-state index contributed by atoms with van der Waals surface area (Å²) in [5.41, 5.74) is 1.80. The summed E-state index contributed by atoms with van der Waals surface area (Å²) in [5, 5.41) is 2.95. The first-order valence-corrected chi connectivity index (χ1v) is 10.8. The number of amides is 1. The van der Waals surface area contributed by atoms with Gasteiger partial charge in [0.15, 0.2) is 5.65 Å². The van der Waals surface area contributed by atoms with Gasteiger partial charge < -0.3 is 15.2 Å². The second kappa shape index (κ2) is 9.49. The van der Waals surface area contributed by atoms with Crippen LogP contribution in [0.1, 0.15) is 23.4 Å². The molecule has 1 aliphatic heterocycles. The summed E-state index contributed by atoms with van der Waals surface area (Å²) in [7, 11) is 3.69. The number of H-pyrrole nitrogens is 2. The van der Waals surface area contributed by atoms with Crippen LogP contribution in [-0.2, 0) is 31.4 Å². The molecule has 0 aliphatic carbocycles. The number of likely N-dealkylation sites (N-methyl/N-ethyl adjacent to an activating group) is 1. The number of carbonyl (C=O) groups excluding carboxylic acids is 1. The van der Waals surface area contributed by atoms with Crippen molar-refractivity contribution in [3.63, 3.8) is 0 Å². The lowest BCUT2D eigenvalue weighted by atomic mass is 10.1. The van der Waals surface area contributed by atoms with E-state index < -0.39 is 11.2 Å². The van der Waals surface area contributed by atoms with Crippen LogP contribution in [0.3, 0.4) is 0 Å². The molecule has 3 heterocycles. The Balaban J connectivity index is 1.29. The number of rotatable bonds is 7. The number of piperazine rings is 1.